The summed E-state index contributed by atoms with van der Waals surface area (Å²) in [5.74, 6) is 0.763. The molecule has 0 saturated carbocycles. The average Bonchev–Trinajstić information content (AvgIpc) is 2.63. The minimum absolute atomic E-state index is 0.156. The van der Waals surface area contributed by atoms with Gasteiger partial charge in [-0.25, -0.2) is 4.98 Å². The Morgan fingerprint density at radius 1 is 1.31 bits per heavy atom. The molecule has 4 N–H and O–H groups in total. The van der Waals surface area contributed by atoms with Crippen LogP contribution in [0.15, 0.2) is 53.3 Å². The van der Waals surface area contributed by atoms with Crippen LogP contribution >= 0.6 is 23.2 Å². The molecule has 2 rings (SSSR count). The molecular formula is C18H20Cl2N6. The number of anilines is 2. The number of nitrogens with one attached hydrogen (secondary N) is 2. The van der Waals surface area contributed by atoms with Crippen LogP contribution < -0.4 is 16.4 Å². The summed E-state index contributed by atoms with van der Waals surface area (Å²) in [7, 11) is 0. The summed E-state index contributed by atoms with van der Waals surface area (Å²) >= 11 is 12.3. The summed E-state index contributed by atoms with van der Waals surface area (Å²) in [6.45, 7) is 6.66. The third kappa shape index (κ3) is 5.47. The van der Waals surface area contributed by atoms with Gasteiger partial charge in [-0.1, -0.05) is 41.4 Å². The van der Waals surface area contributed by atoms with Crippen LogP contribution in [0.1, 0.15) is 6.92 Å². The van der Waals surface area contributed by atoms with Gasteiger partial charge in [-0.05, 0) is 25.8 Å². The zero-order valence-electron chi connectivity index (χ0n) is 14.3. The highest BCUT2D eigenvalue weighted by Gasteiger charge is 2.10. The molecule has 1 aromatic carbocycles. The fraction of sp³-hybridized carbons (Fsp3) is 0.167. The quantitative estimate of drug-likeness (QED) is 0.357. The number of benzene rings is 1. The Morgan fingerprint density at radius 2 is 2.12 bits per heavy atom. The van der Waals surface area contributed by atoms with E-state index in [1.165, 1.54) is 0 Å². The molecule has 1 heterocycles. The number of nitrogens with two attached hydrogens (primary N) is 1. The van der Waals surface area contributed by atoms with Gasteiger partial charge in [-0.15, -0.1) is 0 Å². The van der Waals surface area contributed by atoms with E-state index in [0.29, 0.717) is 40.2 Å². The van der Waals surface area contributed by atoms with Crippen molar-refractivity contribution in [2.24, 2.45) is 4.99 Å². The third-order valence-corrected chi connectivity index (χ3v) is 4.22. The minimum atomic E-state index is 0.156. The van der Waals surface area contributed by atoms with Crippen LogP contribution in [-0.2, 0) is 0 Å². The lowest BCUT2D eigenvalue weighted by atomic mass is 10.1. The van der Waals surface area contributed by atoms with Gasteiger partial charge in [0.15, 0.2) is 0 Å². The Bertz CT molecular complexity index is 832. The number of hydrogen-bond donors (Lipinski definition) is 3. The molecule has 8 heteroatoms. The van der Waals surface area contributed by atoms with E-state index in [1.54, 1.807) is 18.3 Å². The van der Waals surface area contributed by atoms with Gasteiger partial charge in [-0.2, -0.15) is 4.98 Å². The van der Waals surface area contributed by atoms with Crippen LogP contribution in [0.3, 0.4) is 0 Å². The molecule has 6 nitrogen and oxygen atoms in total. The Kier molecular flexibility index (Phi) is 7.44. The summed E-state index contributed by atoms with van der Waals surface area (Å²) in [5.41, 5.74) is 8.08. The van der Waals surface area contributed by atoms with Gasteiger partial charge in [0.2, 0.25) is 5.95 Å². The van der Waals surface area contributed by atoms with Crippen molar-refractivity contribution in [3.63, 3.8) is 0 Å². The molecule has 0 bridgehead atoms. The smallest absolute Gasteiger partial charge is 0.222 e. The molecule has 0 aliphatic heterocycles. The molecule has 0 spiro atoms. The van der Waals surface area contributed by atoms with Crippen LogP contribution in [-0.4, -0.2) is 29.8 Å². The Morgan fingerprint density at radius 3 is 2.85 bits per heavy atom. The van der Waals surface area contributed by atoms with E-state index in [0.717, 1.165) is 5.70 Å². The predicted molar refractivity (Wildman–Crippen MR) is 111 cm³/mol. The number of aromatic nitrogens is 2. The van der Waals surface area contributed by atoms with E-state index >= 15 is 0 Å². The van der Waals surface area contributed by atoms with Crippen molar-refractivity contribution in [3.05, 3.63) is 58.4 Å². The molecule has 26 heavy (non-hydrogen) atoms. The average molecular weight is 391 g/mol. The standard InChI is InChI=1S/C18H20Cl2N6/c1-3-12(7-8-22-2)23-9-10-24-16-11-15(25-18(21)26-16)13-5-4-6-14(19)17(13)20/h3-8,11,23H,2,9-10H2,1H3,(H3,21,24,25,26)/b8-7-,12-3+. The van der Waals surface area contributed by atoms with Crippen molar-refractivity contribution >= 4 is 41.7 Å². The SMILES string of the molecule is C=N/C=C\C(=C/C)NCCNc1cc(-c2cccc(Cl)c2Cl)nc(N)n1. The highest BCUT2D eigenvalue weighted by Crippen LogP contribution is 2.33. The first-order valence-electron chi connectivity index (χ1n) is 7.90. The van der Waals surface area contributed by atoms with Gasteiger partial charge in [0.1, 0.15) is 5.82 Å². The number of rotatable bonds is 8. The summed E-state index contributed by atoms with van der Waals surface area (Å²) in [5, 5.41) is 7.36. The zero-order chi connectivity index (χ0) is 18.9. The molecule has 0 amide bonds. The molecule has 0 aliphatic rings. The molecule has 0 atom stereocenters. The monoisotopic (exact) mass is 390 g/mol. The van der Waals surface area contributed by atoms with Crippen molar-refractivity contribution in [2.45, 2.75) is 6.92 Å². The van der Waals surface area contributed by atoms with E-state index in [9.17, 15) is 0 Å². The van der Waals surface area contributed by atoms with E-state index in [4.69, 9.17) is 28.9 Å². The zero-order valence-corrected chi connectivity index (χ0v) is 15.8. The van der Waals surface area contributed by atoms with Gasteiger partial charge >= 0.3 is 0 Å². The number of halogens is 2. The second-order valence-electron chi connectivity index (χ2n) is 5.19. The number of allylic oxidation sites excluding steroid dienone is 2. The van der Waals surface area contributed by atoms with Gasteiger partial charge < -0.3 is 16.4 Å². The number of nitrogen functional groups attached to an aromatic ring is 1. The Balaban J connectivity index is 2.05. The molecule has 1 aromatic heterocycles. The first-order valence-corrected chi connectivity index (χ1v) is 8.66. The van der Waals surface area contributed by atoms with Crippen molar-refractivity contribution in [3.8, 4) is 11.3 Å². The van der Waals surface area contributed by atoms with Gasteiger partial charge in [-0.3, -0.25) is 4.99 Å². The molecule has 0 aliphatic carbocycles. The molecular weight excluding hydrogens is 371 g/mol. The lowest BCUT2D eigenvalue weighted by molar-refractivity contribution is 0.832. The molecule has 0 radical (unpaired) electrons. The van der Waals surface area contributed by atoms with Crippen LogP contribution in [0, 0.1) is 0 Å². The number of nitrogens with zero attached hydrogens (tertiary/aromatic N) is 3. The normalized spacial score (nSPS) is 11.6. The molecule has 0 unspecified atom stereocenters. The number of hydrogen-bond acceptors (Lipinski definition) is 6. The predicted octanol–water partition coefficient (Wildman–Crippen LogP) is 4.15. The van der Waals surface area contributed by atoms with Gasteiger partial charge in [0.25, 0.3) is 0 Å². The molecule has 0 saturated heterocycles. The van der Waals surface area contributed by atoms with Crippen molar-refractivity contribution < 1.29 is 0 Å². The fourth-order valence-electron chi connectivity index (χ4n) is 2.18. The van der Waals surface area contributed by atoms with E-state index in [1.807, 2.05) is 31.2 Å². The maximum atomic E-state index is 6.26. The summed E-state index contributed by atoms with van der Waals surface area (Å²) < 4.78 is 0. The summed E-state index contributed by atoms with van der Waals surface area (Å²) in [6, 6.07) is 7.15. The van der Waals surface area contributed by atoms with E-state index in [-0.39, 0.29) is 5.95 Å². The highest BCUT2D eigenvalue weighted by molar-refractivity contribution is 6.43. The maximum Gasteiger partial charge on any atom is 0.222 e. The molecule has 0 fully saturated rings. The Hall–Kier alpha value is -2.57. The molecule has 2 aromatic rings. The number of aliphatic imine (C=N–C) groups is 1. The van der Waals surface area contributed by atoms with Crippen LogP contribution in [0.4, 0.5) is 11.8 Å². The van der Waals surface area contributed by atoms with Crippen LogP contribution in [0.5, 0.6) is 0 Å². The minimum Gasteiger partial charge on any atom is -0.383 e. The maximum absolute atomic E-state index is 6.26. The highest BCUT2D eigenvalue weighted by atomic mass is 35.5. The second-order valence-corrected chi connectivity index (χ2v) is 5.98. The topological polar surface area (TPSA) is 88.2 Å². The largest absolute Gasteiger partial charge is 0.383 e. The lowest BCUT2D eigenvalue weighted by Crippen LogP contribution is -2.21. The van der Waals surface area contributed by atoms with Crippen molar-refractivity contribution in [2.75, 3.05) is 24.1 Å². The Labute approximate surface area is 162 Å². The first kappa shape index (κ1) is 19.8. The van der Waals surface area contributed by atoms with E-state index < -0.39 is 0 Å². The van der Waals surface area contributed by atoms with Crippen LogP contribution in [0.2, 0.25) is 10.0 Å². The fourth-order valence-corrected chi connectivity index (χ4v) is 2.58. The van der Waals surface area contributed by atoms with Gasteiger partial charge in [0, 0.05) is 36.6 Å². The van der Waals surface area contributed by atoms with Crippen molar-refractivity contribution in [1.29, 1.82) is 0 Å². The molecule has 136 valence electrons. The third-order valence-electron chi connectivity index (χ3n) is 3.40. The van der Waals surface area contributed by atoms with E-state index in [2.05, 4.69) is 32.3 Å². The first-order chi connectivity index (χ1) is 12.5. The lowest BCUT2D eigenvalue weighted by Gasteiger charge is -2.11. The summed E-state index contributed by atoms with van der Waals surface area (Å²) in [4.78, 5) is 12.1. The van der Waals surface area contributed by atoms with Gasteiger partial charge in [0.05, 0.1) is 15.7 Å². The second kappa shape index (κ2) is 9.79. The summed E-state index contributed by atoms with van der Waals surface area (Å²) in [6.07, 6.45) is 5.42. The van der Waals surface area contributed by atoms with Crippen LogP contribution in [0.25, 0.3) is 11.3 Å². The van der Waals surface area contributed by atoms with Crippen molar-refractivity contribution in [1.82, 2.24) is 15.3 Å².